The van der Waals surface area contributed by atoms with E-state index in [-0.39, 0.29) is 11.8 Å². The highest BCUT2D eigenvalue weighted by Gasteiger charge is 2.14. The topological polar surface area (TPSA) is 89.8 Å². The molecular weight excluding hydrogens is 266 g/mol. The predicted molar refractivity (Wildman–Crippen MR) is 71.9 cm³/mol. The Hall–Kier alpha value is -1.96. The molecule has 0 aliphatic heterocycles. The van der Waals surface area contributed by atoms with Crippen LogP contribution in [0.5, 0.6) is 0 Å². The third kappa shape index (κ3) is 3.75. The Kier molecular flexibility index (Phi) is 3.79. The Labute approximate surface area is 111 Å². The summed E-state index contributed by atoms with van der Waals surface area (Å²) >= 11 is 0. The minimum absolute atomic E-state index is 0.0225. The molecule has 1 N–H and O–H groups in total. The summed E-state index contributed by atoms with van der Waals surface area (Å²) in [6, 6.07) is 9.10. The standard InChI is InChI=1S/C11H15N5O2S/c1-9(8-19(2,17)18)12-11-13-14-15-16(11)10-6-4-3-5-7-10/h3-7,9H,8H2,1-2H3,(H,12,13,15). The van der Waals surface area contributed by atoms with E-state index in [4.69, 9.17) is 0 Å². The molecule has 1 aromatic carbocycles. The van der Waals surface area contributed by atoms with Crippen LogP contribution in [0.1, 0.15) is 6.92 Å². The first-order chi connectivity index (χ1) is 8.96. The molecule has 0 radical (unpaired) electrons. The molecule has 19 heavy (non-hydrogen) atoms. The van der Waals surface area contributed by atoms with Crippen LogP contribution in [0.2, 0.25) is 0 Å². The number of anilines is 1. The SMILES string of the molecule is CC(CS(C)(=O)=O)Nc1nnnn1-c1ccccc1. The van der Waals surface area contributed by atoms with E-state index in [9.17, 15) is 8.42 Å². The van der Waals surface area contributed by atoms with Crippen molar-refractivity contribution in [2.24, 2.45) is 0 Å². The molecule has 0 saturated heterocycles. The molecule has 2 rings (SSSR count). The van der Waals surface area contributed by atoms with Crippen molar-refractivity contribution in [1.29, 1.82) is 0 Å². The number of nitrogens with zero attached hydrogens (tertiary/aromatic N) is 4. The molecule has 0 aliphatic rings. The van der Waals surface area contributed by atoms with E-state index < -0.39 is 9.84 Å². The van der Waals surface area contributed by atoms with Gasteiger partial charge in [0.1, 0.15) is 9.84 Å². The first kappa shape index (κ1) is 13.5. The van der Waals surface area contributed by atoms with Gasteiger partial charge in [0, 0.05) is 12.3 Å². The summed E-state index contributed by atoms with van der Waals surface area (Å²) < 4.78 is 24.0. The normalized spacial score (nSPS) is 13.2. The average molecular weight is 281 g/mol. The Bertz CT molecular complexity index is 638. The van der Waals surface area contributed by atoms with Gasteiger partial charge in [-0.1, -0.05) is 23.3 Å². The largest absolute Gasteiger partial charge is 0.349 e. The van der Waals surface area contributed by atoms with Crippen LogP contribution in [-0.2, 0) is 9.84 Å². The average Bonchev–Trinajstić information content (AvgIpc) is 2.75. The summed E-state index contributed by atoms with van der Waals surface area (Å²) in [5, 5.41) is 14.3. The molecule has 0 fully saturated rings. The van der Waals surface area contributed by atoms with E-state index >= 15 is 0 Å². The first-order valence-corrected chi connectivity index (χ1v) is 7.80. The molecule has 2 aromatic rings. The number of hydrogen-bond donors (Lipinski definition) is 1. The van der Waals surface area contributed by atoms with Crippen LogP contribution in [0.3, 0.4) is 0 Å². The maximum Gasteiger partial charge on any atom is 0.247 e. The van der Waals surface area contributed by atoms with Crippen molar-refractivity contribution in [3.8, 4) is 5.69 Å². The van der Waals surface area contributed by atoms with Crippen LogP contribution in [0, 0.1) is 0 Å². The minimum atomic E-state index is -3.04. The van der Waals surface area contributed by atoms with Crippen molar-refractivity contribution < 1.29 is 8.42 Å². The lowest BCUT2D eigenvalue weighted by atomic mass is 10.3. The Morgan fingerprint density at radius 2 is 2.00 bits per heavy atom. The van der Waals surface area contributed by atoms with Gasteiger partial charge in [-0.05, 0) is 29.5 Å². The van der Waals surface area contributed by atoms with Crippen molar-refractivity contribution in [2.45, 2.75) is 13.0 Å². The van der Waals surface area contributed by atoms with E-state index in [2.05, 4.69) is 20.8 Å². The number of hydrogen-bond acceptors (Lipinski definition) is 6. The lowest BCUT2D eigenvalue weighted by Gasteiger charge is -2.13. The van der Waals surface area contributed by atoms with Crippen molar-refractivity contribution in [1.82, 2.24) is 20.2 Å². The Balaban J connectivity index is 2.17. The second-order valence-electron chi connectivity index (χ2n) is 4.39. The number of para-hydroxylation sites is 1. The number of nitrogens with one attached hydrogen (secondary N) is 1. The van der Waals surface area contributed by atoms with Crippen molar-refractivity contribution in [3.63, 3.8) is 0 Å². The zero-order valence-corrected chi connectivity index (χ0v) is 11.5. The van der Waals surface area contributed by atoms with Crippen LogP contribution in [0.15, 0.2) is 30.3 Å². The molecular formula is C11H15N5O2S. The van der Waals surface area contributed by atoms with E-state index in [0.29, 0.717) is 5.95 Å². The molecule has 0 amide bonds. The molecule has 0 saturated carbocycles. The summed E-state index contributed by atoms with van der Waals surface area (Å²) in [5.41, 5.74) is 0.807. The van der Waals surface area contributed by atoms with Crippen LogP contribution in [0.25, 0.3) is 5.69 Å². The highest BCUT2D eigenvalue weighted by Crippen LogP contribution is 2.11. The third-order valence-electron chi connectivity index (χ3n) is 2.40. The minimum Gasteiger partial charge on any atom is -0.349 e. The molecule has 8 heteroatoms. The maximum absolute atomic E-state index is 11.2. The highest BCUT2D eigenvalue weighted by atomic mass is 32.2. The molecule has 7 nitrogen and oxygen atoms in total. The number of sulfone groups is 1. The Morgan fingerprint density at radius 1 is 1.32 bits per heavy atom. The zero-order chi connectivity index (χ0) is 13.9. The van der Waals surface area contributed by atoms with Gasteiger partial charge in [0.25, 0.3) is 0 Å². The second-order valence-corrected chi connectivity index (χ2v) is 6.57. The van der Waals surface area contributed by atoms with Gasteiger partial charge in [-0.25, -0.2) is 8.42 Å². The van der Waals surface area contributed by atoms with Crippen LogP contribution >= 0.6 is 0 Å². The molecule has 0 spiro atoms. The molecule has 102 valence electrons. The number of tetrazole rings is 1. The van der Waals surface area contributed by atoms with Gasteiger partial charge in [-0.2, -0.15) is 4.68 Å². The van der Waals surface area contributed by atoms with Gasteiger partial charge < -0.3 is 5.32 Å². The van der Waals surface area contributed by atoms with Crippen molar-refractivity contribution >= 4 is 15.8 Å². The quantitative estimate of drug-likeness (QED) is 0.858. The van der Waals surface area contributed by atoms with E-state index in [1.807, 2.05) is 30.3 Å². The van der Waals surface area contributed by atoms with Gasteiger partial charge in [0.15, 0.2) is 0 Å². The van der Waals surface area contributed by atoms with Crippen LogP contribution < -0.4 is 5.32 Å². The van der Waals surface area contributed by atoms with Crippen LogP contribution in [-0.4, -0.2) is 46.7 Å². The lowest BCUT2D eigenvalue weighted by molar-refractivity contribution is 0.597. The fourth-order valence-electron chi connectivity index (χ4n) is 1.74. The zero-order valence-electron chi connectivity index (χ0n) is 10.7. The fraction of sp³-hybridized carbons (Fsp3) is 0.364. The third-order valence-corrected chi connectivity index (χ3v) is 3.50. The molecule has 1 heterocycles. The van der Waals surface area contributed by atoms with Gasteiger partial charge in [-0.15, -0.1) is 0 Å². The summed E-state index contributed by atoms with van der Waals surface area (Å²) in [7, 11) is -3.04. The smallest absolute Gasteiger partial charge is 0.247 e. The first-order valence-electron chi connectivity index (χ1n) is 5.74. The van der Waals surface area contributed by atoms with Crippen molar-refractivity contribution in [3.05, 3.63) is 30.3 Å². The predicted octanol–water partition coefficient (Wildman–Crippen LogP) is 0.507. The van der Waals surface area contributed by atoms with Crippen LogP contribution in [0.4, 0.5) is 5.95 Å². The summed E-state index contributed by atoms with van der Waals surface area (Å²) in [6.45, 7) is 1.77. The number of benzene rings is 1. The highest BCUT2D eigenvalue weighted by molar-refractivity contribution is 7.90. The maximum atomic E-state index is 11.2. The van der Waals surface area contributed by atoms with Gasteiger partial charge in [0.2, 0.25) is 5.95 Å². The summed E-state index contributed by atoms with van der Waals surface area (Å²) in [6.07, 6.45) is 1.20. The number of rotatable bonds is 5. The van der Waals surface area contributed by atoms with Gasteiger partial charge in [-0.3, -0.25) is 0 Å². The summed E-state index contributed by atoms with van der Waals surface area (Å²) in [5.74, 6) is 0.441. The molecule has 1 aromatic heterocycles. The molecule has 1 atom stereocenters. The van der Waals surface area contributed by atoms with Gasteiger partial charge in [0.05, 0.1) is 11.4 Å². The fourth-order valence-corrected chi connectivity index (χ4v) is 2.73. The second kappa shape index (κ2) is 5.35. The number of aromatic nitrogens is 4. The monoisotopic (exact) mass is 281 g/mol. The molecule has 0 bridgehead atoms. The molecule has 1 unspecified atom stereocenters. The lowest BCUT2D eigenvalue weighted by Crippen LogP contribution is -2.26. The summed E-state index contributed by atoms with van der Waals surface area (Å²) in [4.78, 5) is 0. The molecule has 0 aliphatic carbocycles. The van der Waals surface area contributed by atoms with Crippen molar-refractivity contribution in [2.75, 3.05) is 17.3 Å². The van der Waals surface area contributed by atoms with E-state index in [0.717, 1.165) is 5.69 Å². The van der Waals surface area contributed by atoms with E-state index in [1.165, 1.54) is 10.9 Å². The van der Waals surface area contributed by atoms with E-state index in [1.54, 1.807) is 6.92 Å². The Morgan fingerprint density at radius 3 is 2.63 bits per heavy atom. The van der Waals surface area contributed by atoms with Gasteiger partial charge >= 0.3 is 0 Å².